The number of aliphatic hydroxyl groups excluding tert-OH is 1. The number of esters is 1. The molecule has 182 valence electrons. The second kappa shape index (κ2) is 11.2. The lowest BCUT2D eigenvalue weighted by Gasteiger charge is -2.25. The molecule has 0 aromatic heterocycles. The minimum Gasteiger partial charge on any atom is -0.458 e. The number of carbonyl (C=O) groups is 3. The maximum Gasteiger partial charge on any atom is 0.415 e. The molecule has 3 atom stereocenters. The molecule has 1 aromatic carbocycles. The molecule has 3 rings (SSSR count). The van der Waals surface area contributed by atoms with E-state index in [4.69, 9.17) is 9.47 Å². The second-order valence-electron chi connectivity index (χ2n) is 9.19. The van der Waals surface area contributed by atoms with Gasteiger partial charge in [0, 0.05) is 25.3 Å². The highest BCUT2D eigenvalue weighted by Gasteiger charge is 2.31. The zero-order chi connectivity index (χ0) is 24.0. The second-order valence-corrected chi connectivity index (χ2v) is 10.4. The summed E-state index contributed by atoms with van der Waals surface area (Å²) in [7, 11) is 0. The van der Waals surface area contributed by atoms with Crippen LogP contribution in [0.2, 0.25) is 0 Å². The summed E-state index contributed by atoms with van der Waals surface area (Å²) >= 11 is 1.50. The van der Waals surface area contributed by atoms with Gasteiger partial charge in [-0.05, 0) is 51.3 Å². The highest BCUT2D eigenvalue weighted by atomic mass is 32.2. The van der Waals surface area contributed by atoms with Crippen LogP contribution in [-0.2, 0) is 20.7 Å². The molecule has 2 amide bonds. The Morgan fingerprint density at radius 1 is 1.27 bits per heavy atom. The monoisotopic (exact) mass is 479 g/mol. The predicted molar refractivity (Wildman–Crippen MR) is 125 cm³/mol. The van der Waals surface area contributed by atoms with Crippen LogP contribution >= 0.6 is 11.8 Å². The van der Waals surface area contributed by atoms with Crippen LogP contribution < -0.4 is 15.4 Å². The normalized spacial score (nSPS) is 21.5. The van der Waals surface area contributed by atoms with Crippen molar-refractivity contribution in [2.24, 2.45) is 0 Å². The van der Waals surface area contributed by atoms with Crippen LogP contribution in [0, 0.1) is 0 Å². The van der Waals surface area contributed by atoms with Crippen molar-refractivity contribution in [3.63, 3.8) is 0 Å². The summed E-state index contributed by atoms with van der Waals surface area (Å²) in [5.41, 5.74) is 0.105. The van der Waals surface area contributed by atoms with Crippen LogP contribution in [0.4, 0.5) is 4.79 Å². The molecule has 0 bridgehead atoms. The number of hydrogen-bond donors (Lipinski definition) is 3. The standard InChI is InChI=1S/C23H33N3O6S/c1-23(2,3)32-21(29)18(25-19(28)20-24-10-12-33-20)13-15-6-8-17(9-7-15)31-22(30)26-11-4-5-16(26)14-27/h6-9,16,18,20,24,27H,4-5,10-14H2,1-3H3,(H,25,28)/t16?,18-,20-/m0/s1. The van der Waals surface area contributed by atoms with E-state index >= 15 is 0 Å². The van der Waals surface area contributed by atoms with E-state index in [1.807, 2.05) is 0 Å². The van der Waals surface area contributed by atoms with Gasteiger partial charge in [-0.25, -0.2) is 9.59 Å². The van der Waals surface area contributed by atoms with Gasteiger partial charge in [0.25, 0.3) is 0 Å². The quantitative estimate of drug-likeness (QED) is 0.506. The topological polar surface area (TPSA) is 117 Å². The molecule has 33 heavy (non-hydrogen) atoms. The van der Waals surface area contributed by atoms with Crippen LogP contribution in [0.5, 0.6) is 5.75 Å². The number of nitrogens with one attached hydrogen (secondary N) is 2. The largest absolute Gasteiger partial charge is 0.458 e. The van der Waals surface area contributed by atoms with Crippen molar-refractivity contribution in [1.82, 2.24) is 15.5 Å². The van der Waals surface area contributed by atoms with Gasteiger partial charge in [0.1, 0.15) is 22.8 Å². The van der Waals surface area contributed by atoms with E-state index in [2.05, 4.69) is 10.6 Å². The number of rotatable bonds is 7. The highest BCUT2D eigenvalue weighted by molar-refractivity contribution is 8.00. The SMILES string of the molecule is CC(C)(C)OC(=O)[C@H](Cc1ccc(OC(=O)N2CCCC2CO)cc1)NC(=O)[C@H]1NCCS1. The van der Waals surface area contributed by atoms with Gasteiger partial charge < -0.3 is 24.8 Å². The number of nitrogens with zero attached hydrogens (tertiary/aromatic N) is 1. The lowest BCUT2D eigenvalue weighted by Crippen LogP contribution is -2.50. The molecule has 0 saturated carbocycles. The number of carbonyl (C=O) groups excluding carboxylic acids is 3. The zero-order valence-electron chi connectivity index (χ0n) is 19.3. The molecule has 9 nitrogen and oxygen atoms in total. The van der Waals surface area contributed by atoms with Crippen molar-refractivity contribution in [2.45, 2.75) is 63.1 Å². The van der Waals surface area contributed by atoms with Gasteiger partial charge in [-0.3, -0.25) is 10.1 Å². The Bertz CT molecular complexity index is 836. The van der Waals surface area contributed by atoms with Crippen molar-refractivity contribution in [3.05, 3.63) is 29.8 Å². The lowest BCUT2D eigenvalue weighted by atomic mass is 10.1. The van der Waals surface area contributed by atoms with Crippen molar-refractivity contribution in [2.75, 3.05) is 25.4 Å². The Labute approximate surface area is 198 Å². The Balaban J connectivity index is 1.64. The van der Waals surface area contributed by atoms with Crippen molar-refractivity contribution >= 4 is 29.7 Å². The molecule has 10 heteroatoms. The first kappa shape index (κ1) is 25.3. The van der Waals surface area contributed by atoms with Crippen LogP contribution in [0.1, 0.15) is 39.2 Å². The summed E-state index contributed by atoms with van der Waals surface area (Å²) in [5, 5.41) is 14.9. The van der Waals surface area contributed by atoms with E-state index in [-0.39, 0.29) is 30.4 Å². The maximum absolute atomic E-state index is 12.8. The van der Waals surface area contributed by atoms with Gasteiger partial charge in [-0.1, -0.05) is 12.1 Å². The first-order valence-corrected chi connectivity index (χ1v) is 12.3. The van der Waals surface area contributed by atoms with Crippen LogP contribution in [0.15, 0.2) is 24.3 Å². The van der Waals surface area contributed by atoms with Crippen molar-refractivity contribution in [3.8, 4) is 5.75 Å². The average Bonchev–Trinajstić information content (AvgIpc) is 3.45. The van der Waals surface area contributed by atoms with E-state index in [1.165, 1.54) is 16.7 Å². The van der Waals surface area contributed by atoms with Crippen LogP contribution in [0.3, 0.4) is 0 Å². The molecule has 2 saturated heterocycles. The number of ether oxygens (including phenoxy) is 2. The number of amides is 2. The molecule has 1 unspecified atom stereocenters. The molecule has 2 aliphatic rings. The molecule has 2 fully saturated rings. The predicted octanol–water partition coefficient (Wildman–Crippen LogP) is 1.67. The fourth-order valence-corrected chi connectivity index (χ4v) is 4.69. The van der Waals surface area contributed by atoms with Gasteiger partial charge in [0.05, 0.1) is 12.6 Å². The molecular weight excluding hydrogens is 446 g/mol. The molecule has 1 aromatic rings. The number of thioether (sulfide) groups is 1. The van der Waals surface area contributed by atoms with Crippen molar-refractivity contribution < 1.29 is 29.0 Å². The third kappa shape index (κ3) is 7.35. The van der Waals surface area contributed by atoms with Gasteiger partial charge >= 0.3 is 12.1 Å². The Hall–Kier alpha value is -2.30. The van der Waals surface area contributed by atoms with Crippen LogP contribution in [0.25, 0.3) is 0 Å². The molecular formula is C23H33N3O6S. The van der Waals surface area contributed by atoms with E-state index in [9.17, 15) is 19.5 Å². The molecule has 2 heterocycles. The molecule has 0 spiro atoms. The smallest absolute Gasteiger partial charge is 0.415 e. The molecule has 2 aliphatic heterocycles. The average molecular weight is 480 g/mol. The molecule has 0 radical (unpaired) electrons. The first-order valence-electron chi connectivity index (χ1n) is 11.2. The van der Waals surface area contributed by atoms with Gasteiger partial charge in [0.15, 0.2) is 0 Å². The Morgan fingerprint density at radius 2 is 2.00 bits per heavy atom. The van der Waals surface area contributed by atoms with Gasteiger partial charge in [-0.15, -0.1) is 11.8 Å². The van der Waals surface area contributed by atoms with Gasteiger partial charge in [0.2, 0.25) is 5.91 Å². The summed E-state index contributed by atoms with van der Waals surface area (Å²) in [6.07, 6.45) is 1.36. The first-order chi connectivity index (χ1) is 15.7. The zero-order valence-corrected chi connectivity index (χ0v) is 20.2. The molecule has 0 aliphatic carbocycles. The Morgan fingerprint density at radius 3 is 2.61 bits per heavy atom. The lowest BCUT2D eigenvalue weighted by molar-refractivity contribution is -0.158. The van der Waals surface area contributed by atoms with E-state index in [1.54, 1.807) is 45.0 Å². The summed E-state index contributed by atoms with van der Waals surface area (Å²) < 4.78 is 11.0. The number of likely N-dealkylation sites (tertiary alicyclic amines) is 1. The minimum absolute atomic E-state index is 0.0826. The Kier molecular flexibility index (Phi) is 8.61. The van der Waals surface area contributed by atoms with Crippen molar-refractivity contribution in [1.29, 1.82) is 0 Å². The fourth-order valence-electron chi connectivity index (χ4n) is 3.76. The third-order valence-corrected chi connectivity index (χ3v) is 6.51. The summed E-state index contributed by atoms with van der Waals surface area (Å²) in [4.78, 5) is 39.3. The van der Waals surface area contributed by atoms with E-state index in [0.29, 0.717) is 12.3 Å². The number of aliphatic hydroxyl groups is 1. The van der Waals surface area contributed by atoms with Gasteiger partial charge in [-0.2, -0.15) is 0 Å². The number of hydrogen-bond acceptors (Lipinski definition) is 8. The molecule has 3 N–H and O–H groups in total. The third-order valence-electron chi connectivity index (χ3n) is 5.35. The van der Waals surface area contributed by atoms with Crippen LogP contribution in [-0.4, -0.2) is 76.5 Å². The highest BCUT2D eigenvalue weighted by Crippen LogP contribution is 2.21. The summed E-state index contributed by atoms with van der Waals surface area (Å²) in [5.74, 6) is 0.462. The maximum atomic E-state index is 12.8. The van der Waals surface area contributed by atoms with E-state index < -0.39 is 23.7 Å². The van der Waals surface area contributed by atoms with E-state index in [0.717, 1.165) is 30.7 Å². The number of benzene rings is 1. The summed E-state index contributed by atoms with van der Waals surface area (Å²) in [6.45, 7) is 6.57. The minimum atomic E-state index is -0.844. The fraction of sp³-hybridized carbons (Fsp3) is 0.609. The summed E-state index contributed by atoms with van der Waals surface area (Å²) in [6, 6.07) is 5.76.